The van der Waals surface area contributed by atoms with Crippen LogP contribution in [0.4, 0.5) is 0 Å². The lowest BCUT2D eigenvalue weighted by molar-refractivity contribution is -0.140. The molecule has 0 aromatic heterocycles. The van der Waals surface area contributed by atoms with E-state index in [1.165, 1.54) is 25.3 Å². The maximum atomic E-state index is 10.8. The SMILES string of the molecule is C=C(C)[C@H]1CC[C@H](C)C[C@@H]1C(=C)COC(C)=O. The fraction of sp³-hybridized carbons (Fsp3) is 0.667. The monoisotopic (exact) mass is 236 g/mol. The highest BCUT2D eigenvalue weighted by molar-refractivity contribution is 5.66. The predicted molar refractivity (Wildman–Crippen MR) is 70.6 cm³/mol. The molecular formula is C15H24O2. The Hall–Kier alpha value is -1.05. The summed E-state index contributed by atoms with van der Waals surface area (Å²) in [5.74, 6) is 1.43. The van der Waals surface area contributed by atoms with E-state index in [9.17, 15) is 4.79 Å². The molecule has 0 bridgehead atoms. The van der Waals surface area contributed by atoms with Gasteiger partial charge in [-0.15, -0.1) is 0 Å². The summed E-state index contributed by atoms with van der Waals surface area (Å²) in [6.07, 6.45) is 3.58. The number of allylic oxidation sites excluding steroid dienone is 1. The minimum Gasteiger partial charge on any atom is -0.461 e. The van der Waals surface area contributed by atoms with Crippen LogP contribution in [-0.4, -0.2) is 12.6 Å². The Morgan fingerprint density at radius 1 is 1.24 bits per heavy atom. The first-order valence-corrected chi connectivity index (χ1v) is 6.38. The lowest BCUT2D eigenvalue weighted by Crippen LogP contribution is -2.27. The van der Waals surface area contributed by atoms with Crippen LogP contribution in [0.2, 0.25) is 0 Å². The zero-order chi connectivity index (χ0) is 13.0. The van der Waals surface area contributed by atoms with E-state index >= 15 is 0 Å². The normalized spacial score (nSPS) is 28.5. The summed E-state index contributed by atoms with van der Waals surface area (Å²) in [4.78, 5) is 10.8. The Balaban J connectivity index is 2.65. The molecule has 0 radical (unpaired) electrons. The molecule has 1 saturated carbocycles. The standard InChI is InChI=1S/C15H24O2/c1-10(2)14-7-6-11(3)8-15(14)12(4)9-17-13(5)16/h11,14-15H,1,4,6-9H2,2-3,5H3/t11-,14+,15+/m0/s1. The molecule has 1 aliphatic carbocycles. The Kier molecular flexibility index (Phi) is 4.98. The van der Waals surface area contributed by atoms with Crippen molar-refractivity contribution in [2.45, 2.75) is 40.0 Å². The second-order valence-corrected chi connectivity index (χ2v) is 5.42. The average molecular weight is 236 g/mol. The molecule has 1 aliphatic rings. The molecule has 17 heavy (non-hydrogen) atoms. The molecule has 2 heteroatoms. The van der Waals surface area contributed by atoms with Crippen molar-refractivity contribution in [3.8, 4) is 0 Å². The van der Waals surface area contributed by atoms with Gasteiger partial charge in [0.1, 0.15) is 6.61 Å². The minimum absolute atomic E-state index is 0.234. The Morgan fingerprint density at radius 2 is 1.88 bits per heavy atom. The van der Waals surface area contributed by atoms with Gasteiger partial charge in [-0.3, -0.25) is 4.79 Å². The third-order valence-electron chi connectivity index (χ3n) is 3.73. The van der Waals surface area contributed by atoms with Gasteiger partial charge in [-0.2, -0.15) is 0 Å². The molecule has 1 fully saturated rings. The molecule has 0 N–H and O–H groups in total. The largest absolute Gasteiger partial charge is 0.461 e. The van der Waals surface area contributed by atoms with E-state index in [0.717, 1.165) is 17.9 Å². The maximum absolute atomic E-state index is 10.8. The van der Waals surface area contributed by atoms with Crippen LogP contribution in [0, 0.1) is 17.8 Å². The highest BCUT2D eigenvalue weighted by Gasteiger charge is 2.30. The van der Waals surface area contributed by atoms with Crippen molar-refractivity contribution >= 4 is 5.97 Å². The third-order valence-corrected chi connectivity index (χ3v) is 3.73. The van der Waals surface area contributed by atoms with Crippen molar-refractivity contribution in [2.75, 3.05) is 6.61 Å². The smallest absolute Gasteiger partial charge is 0.302 e. The summed E-state index contributed by atoms with van der Waals surface area (Å²) in [5.41, 5.74) is 2.27. The van der Waals surface area contributed by atoms with E-state index in [2.05, 4.69) is 27.0 Å². The summed E-state index contributed by atoms with van der Waals surface area (Å²) < 4.78 is 5.05. The van der Waals surface area contributed by atoms with Crippen LogP contribution in [-0.2, 0) is 9.53 Å². The van der Waals surface area contributed by atoms with Gasteiger partial charge in [0.25, 0.3) is 0 Å². The summed E-state index contributed by atoms with van der Waals surface area (Å²) in [5, 5.41) is 0. The lowest BCUT2D eigenvalue weighted by atomic mass is 9.69. The van der Waals surface area contributed by atoms with Gasteiger partial charge in [0.15, 0.2) is 0 Å². The number of hydrogen-bond donors (Lipinski definition) is 0. The fourth-order valence-corrected chi connectivity index (χ4v) is 2.72. The van der Waals surface area contributed by atoms with Gasteiger partial charge in [0.05, 0.1) is 0 Å². The molecule has 96 valence electrons. The fourth-order valence-electron chi connectivity index (χ4n) is 2.72. The Bertz CT molecular complexity index is 317. The van der Waals surface area contributed by atoms with Gasteiger partial charge in [0.2, 0.25) is 0 Å². The predicted octanol–water partition coefficient (Wildman–Crippen LogP) is 3.73. The first kappa shape index (κ1) is 14.0. The third kappa shape index (κ3) is 4.03. The highest BCUT2D eigenvalue weighted by atomic mass is 16.5. The zero-order valence-corrected chi connectivity index (χ0v) is 11.3. The maximum Gasteiger partial charge on any atom is 0.302 e. The van der Waals surface area contributed by atoms with Crippen LogP contribution < -0.4 is 0 Å². The van der Waals surface area contributed by atoms with Gasteiger partial charge < -0.3 is 4.74 Å². The van der Waals surface area contributed by atoms with Gasteiger partial charge in [-0.05, 0) is 43.1 Å². The quantitative estimate of drug-likeness (QED) is 0.549. The van der Waals surface area contributed by atoms with Gasteiger partial charge >= 0.3 is 5.97 Å². The lowest BCUT2D eigenvalue weighted by Gasteiger charge is -2.36. The van der Waals surface area contributed by atoms with Crippen molar-refractivity contribution in [1.29, 1.82) is 0 Å². The first-order valence-electron chi connectivity index (χ1n) is 6.38. The molecule has 0 heterocycles. The van der Waals surface area contributed by atoms with Gasteiger partial charge in [0, 0.05) is 6.92 Å². The van der Waals surface area contributed by atoms with Crippen LogP contribution in [0.1, 0.15) is 40.0 Å². The Labute approximate surface area is 105 Å². The molecule has 2 nitrogen and oxygen atoms in total. The van der Waals surface area contributed by atoms with Gasteiger partial charge in [-0.1, -0.05) is 32.1 Å². The van der Waals surface area contributed by atoms with Crippen molar-refractivity contribution in [2.24, 2.45) is 17.8 Å². The number of carbonyl (C=O) groups excluding carboxylic acids is 1. The molecular weight excluding hydrogens is 212 g/mol. The summed E-state index contributed by atoms with van der Waals surface area (Å²) in [7, 11) is 0. The molecule has 0 amide bonds. The topological polar surface area (TPSA) is 26.3 Å². The van der Waals surface area contributed by atoms with E-state index < -0.39 is 0 Å². The van der Waals surface area contributed by atoms with Crippen LogP contribution in [0.3, 0.4) is 0 Å². The number of rotatable bonds is 4. The van der Waals surface area contributed by atoms with Gasteiger partial charge in [-0.25, -0.2) is 0 Å². The number of esters is 1. The van der Waals surface area contributed by atoms with Crippen molar-refractivity contribution in [3.05, 3.63) is 24.3 Å². The molecule has 0 aromatic rings. The molecule has 0 spiro atoms. The van der Waals surface area contributed by atoms with Crippen LogP contribution in [0.15, 0.2) is 24.3 Å². The summed E-state index contributed by atoms with van der Waals surface area (Å²) in [6.45, 7) is 14.3. The number of carbonyl (C=O) groups is 1. The number of hydrogen-bond acceptors (Lipinski definition) is 2. The minimum atomic E-state index is -0.234. The van der Waals surface area contributed by atoms with E-state index in [1.807, 2.05) is 0 Å². The molecule has 0 unspecified atom stereocenters. The van der Waals surface area contributed by atoms with Crippen LogP contribution in [0.25, 0.3) is 0 Å². The van der Waals surface area contributed by atoms with E-state index in [-0.39, 0.29) is 5.97 Å². The van der Waals surface area contributed by atoms with Crippen molar-refractivity contribution in [3.63, 3.8) is 0 Å². The highest BCUT2D eigenvalue weighted by Crippen LogP contribution is 2.40. The second kappa shape index (κ2) is 6.04. The van der Waals surface area contributed by atoms with Crippen LogP contribution >= 0.6 is 0 Å². The second-order valence-electron chi connectivity index (χ2n) is 5.42. The number of ether oxygens (including phenoxy) is 1. The molecule has 0 aliphatic heterocycles. The van der Waals surface area contributed by atoms with E-state index in [1.54, 1.807) is 0 Å². The molecule has 3 atom stereocenters. The first-order chi connectivity index (χ1) is 7.91. The molecule has 1 rings (SSSR count). The zero-order valence-electron chi connectivity index (χ0n) is 11.3. The molecule has 0 saturated heterocycles. The van der Waals surface area contributed by atoms with Crippen molar-refractivity contribution < 1.29 is 9.53 Å². The van der Waals surface area contributed by atoms with Crippen LogP contribution in [0.5, 0.6) is 0 Å². The molecule has 0 aromatic carbocycles. The summed E-state index contributed by atoms with van der Waals surface area (Å²) in [6, 6.07) is 0. The van der Waals surface area contributed by atoms with Crippen molar-refractivity contribution in [1.82, 2.24) is 0 Å². The van der Waals surface area contributed by atoms with E-state index in [4.69, 9.17) is 4.74 Å². The summed E-state index contributed by atoms with van der Waals surface area (Å²) >= 11 is 0. The average Bonchev–Trinajstić information content (AvgIpc) is 2.25. The Morgan fingerprint density at radius 3 is 2.41 bits per heavy atom. The van der Waals surface area contributed by atoms with E-state index in [0.29, 0.717) is 18.4 Å².